The minimum Gasteiger partial charge on any atom is -0.340 e. The van der Waals surface area contributed by atoms with Crippen LogP contribution in [0.1, 0.15) is 26.7 Å². The molecule has 0 unspecified atom stereocenters. The van der Waals surface area contributed by atoms with Crippen molar-refractivity contribution in [2.24, 2.45) is 0 Å². The van der Waals surface area contributed by atoms with Crippen LogP contribution in [0.4, 0.5) is 10.5 Å². The number of amides is 4. The SMILES string of the molecule is CC(C)S(=O)(=O)N1CCN(C(=O)CC[C@H]2NC(=O)N(c3ccccc3)C2=O)CC1. The molecule has 1 N–H and O–H groups in total. The lowest BCUT2D eigenvalue weighted by Gasteiger charge is -2.35. The molecule has 0 radical (unpaired) electrons. The van der Waals surface area contributed by atoms with Gasteiger partial charge in [0.05, 0.1) is 10.9 Å². The van der Waals surface area contributed by atoms with Gasteiger partial charge in [-0.15, -0.1) is 0 Å². The fourth-order valence-electron chi connectivity index (χ4n) is 3.46. The molecule has 3 rings (SSSR count). The van der Waals surface area contributed by atoms with E-state index in [1.807, 2.05) is 0 Å². The molecular formula is C19H26N4O5S. The van der Waals surface area contributed by atoms with Crippen LogP contribution in [0.15, 0.2) is 30.3 Å². The monoisotopic (exact) mass is 422 g/mol. The summed E-state index contributed by atoms with van der Waals surface area (Å²) < 4.78 is 25.8. The van der Waals surface area contributed by atoms with E-state index >= 15 is 0 Å². The van der Waals surface area contributed by atoms with Gasteiger partial charge in [0.1, 0.15) is 6.04 Å². The van der Waals surface area contributed by atoms with Gasteiger partial charge in [-0.2, -0.15) is 4.31 Å². The number of hydrogen-bond donors (Lipinski definition) is 1. The molecule has 2 fully saturated rings. The zero-order valence-electron chi connectivity index (χ0n) is 16.6. The molecule has 0 aliphatic carbocycles. The van der Waals surface area contributed by atoms with Crippen LogP contribution in [0.2, 0.25) is 0 Å². The molecule has 1 aromatic rings. The quantitative estimate of drug-likeness (QED) is 0.682. The van der Waals surface area contributed by atoms with Gasteiger partial charge in [-0.3, -0.25) is 9.59 Å². The fourth-order valence-corrected chi connectivity index (χ4v) is 4.73. The minimum atomic E-state index is -3.32. The number of imide groups is 1. The predicted octanol–water partition coefficient (Wildman–Crippen LogP) is 0.774. The maximum Gasteiger partial charge on any atom is 0.329 e. The molecule has 2 aliphatic rings. The molecule has 2 aliphatic heterocycles. The number of carbonyl (C=O) groups excluding carboxylic acids is 3. The minimum absolute atomic E-state index is 0.107. The van der Waals surface area contributed by atoms with Crippen LogP contribution in [0.5, 0.6) is 0 Å². The van der Waals surface area contributed by atoms with Crippen molar-refractivity contribution in [3.05, 3.63) is 30.3 Å². The molecule has 29 heavy (non-hydrogen) atoms. The zero-order chi connectivity index (χ0) is 21.2. The smallest absolute Gasteiger partial charge is 0.329 e. The Hall–Kier alpha value is -2.46. The summed E-state index contributed by atoms with van der Waals surface area (Å²) >= 11 is 0. The van der Waals surface area contributed by atoms with Gasteiger partial charge in [0.15, 0.2) is 0 Å². The van der Waals surface area contributed by atoms with E-state index in [-0.39, 0.29) is 37.7 Å². The summed E-state index contributed by atoms with van der Waals surface area (Å²) in [6.45, 7) is 4.47. The highest BCUT2D eigenvalue weighted by molar-refractivity contribution is 7.89. The van der Waals surface area contributed by atoms with Crippen molar-refractivity contribution in [3.8, 4) is 0 Å². The van der Waals surface area contributed by atoms with E-state index in [4.69, 9.17) is 0 Å². The summed E-state index contributed by atoms with van der Waals surface area (Å²) in [4.78, 5) is 39.9. The van der Waals surface area contributed by atoms with Crippen molar-refractivity contribution in [3.63, 3.8) is 0 Å². The first-order chi connectivity index (χ1) is 13.7. The van der Waals surface area contributed by atoms with E-state index in [1.165, 1.54) is 4.31 Å². The summed E-state index contributed by atoms with van der Waals surface area (Å²) in [5.41, 5.74) is 0.492. The Morgan fingerprint density at radius 1 is 1.10 bits per heavy atom. The summed E-state index contributed by atoms with van der Waals surface area (Å²) in [6.07, 6.45) is 0.313. The van der Waals surface area contributed by atoms with Crippen molar-refractivity contribution in [1.29, 1.82) is 0 Å². The zero-order valence-corrected chi connectivity index (χ0v) is 17.4. The number of benzene rings is 1. The molecular weight excluding hydrogens is 396 g/mol. The van der Waals surface area contributed by atoms with Crippen molar-refractivity contribution < 1.29 is 22.8 Å². The number of carbonyl (C=O) groups is 3. The summed E-state index contributed by atoms with van der Waals surface area (Å²) in [5, 5.41) is 2.14. The van der Waals surface area contributed by atoms with E-state index in [1.54, 1.807) is 49.1 Å². The van der Waals surface area contributed by atoms with E-state index in [0.29, 0.717) is 18.8 Å². The molecule has 1 atom stereocenters. The summed E-state index contributed by atoms with van der Waals surface area (Å²) in [5.74, 6) is -0.520. The molecule has 4 amide bonds. The highest BCUT2D eigenvalue weighted by Crippen LogP contribution is 2.21. The van der Waals surface area contributed by atoms with Crippen LogP contribution in [-0.4, -0.2) is 72.9 Å². The Kier molecular flexibility index (Phi) is 6.23. The Labute approximate surface area is 170 Å². The average molecular weight is 423 g/mol. The molecule has 9 nitrogen and oxygen atoms in total. The Balaban J connectivity index is 1.52. The molecule has 0 bridgehead atoms. The third kappa shape index (κ3) is 4.43. The Morgan fingerprint density at radius 2 is 1.72 bits per heavy atom. The van der Waals surface area contributed by atoms with Crippen LogP contribution in [0.25, 0.3) is 0 Å². The molecule has 0 saturated carbocycles. The number of urea groups is 1. The predicted molar refractivity (Wildman–Crippen MR) is 108 cm³/mol. The second-order valence-electron chi connectivity index (χ2n) is 7.42. The number of para-hydroxylation sites is 1. The van der Waals surface area contributed by atoms with E-state index in [9.17, 15) is 22.8 Å². The van der Waals surface area contributed by atoms with E-state index in [2.05, 4.69) is 5.32 Å². The summed E-state index contributed by atoms with van der Waals surface area (Å²) in [7, 11) is -3.32. The number of nitrogens with one attached hydrogen (secondary N) is 1. The van der Waals surface area contributed by atoms with Crippen LogP contribution in [-0.2, 0) is 19.6 Å². The van der Waals surface area contributed by atoms with E-state index in [0.717, 1.165) is 4.90 Å². The molecule has 1 aromatic carbocycles. The number of anilines is 1. The maximum atomic E-state index is 12.6. The topological polar surface area (TPSA) is 107 Å². The average Bonchev–Trinajstić information content (AvgIpc) is 3.00. The molecule has 2 heterocycles. The lowest BCUT2D eigenvalue weighted by atomic mass is 10.1. The first-order valence-corrected chi connectivity index (χ1v) is 11.2. The van der Waals surface area contributed by atoms with E-state index < -0.39 is 27.3 Å². The van der Waals surface area contributed by atoms with Gasteiger partial charge in [0.2, 0.25) is 15.9 Å². The number of hydrogen-bond acceptors (Lipinski definition) is 5. The van der Waals surface area contributed by atoms with Gasteiger partial charge in [0.25, 0.3) is 5.91 Å². The fraction of sp³-hybridized carbons (Fsp3) is 0.526. The number of piperazine rings is 1. The molecule has 0 aromatic heterocycles. The first kappa shape index (κ1) is 21.3. The third-order valence-electron chi connectivity index (χ3n) is 5.23. The molecule has 0 spiro atoms. The van der Waals surface area contributed by atoms with Crippen LogP contribution < -0.4 is 10.2 Å². The molecule has 10 heteroatoms. The molecule has 158 valence electrons. The second-order valence-corrected chi connectivity index (χ2v) is 9.91. The van der Waals surface area contributed by atoms with Crippen LogP contribution >= 0.6 is 0 Å². The Bertz CT molecular complexity index is 879. The van der Waals surface area contributed by atoms with Crippen LogP contribution in [0, 0.1) is 0 Å². The van der Waals surface area contributed by atoms with Crippen molar-refractivity contribution in [2.45, 2.75) is 38.0 Å². The second kappa shape index (κ2) is 8.50. The normalized spacial score (nSPS) is 21.0. The lowest BCUT2D eigenvalue weighted by Crippen LogP contribution is -2.52. The number of rotatable bonds is 6. The highest BCUT2D eigenvalue weighted by Gasteiger charge is 2.39. The number of sulfonamides is 1. The Morgan fingerprint density at radius 3 is 2.31 bits per heavy atom. The summed E-state index contributed by atoms with van der Waals surface area (Å²) in [6, 6.07) is 7.40. The van der Waals surface area contributed by atoms with Gasteiger partial charge in [-0.25, -0.2) is 18.1 Å². The van der Waals surface area contributed by atoms with Gasteiger partial charge < -0.3 is 10.2 Å². The largest absolute Gasteiger partial charge is 0.340 e. The number of nitrogens with zero attached hydrogens (tertiary/aromatic N) is 3. The van der Waals surface area contributed by atoms with Crippen molar-refractivity contribution >= 4 is 33.6 Å². The van der Waals surface area contributed by atoms with Crippen LogP contribution in [0.3, 0.4) is 0 Å². The van der Waals surface area contributed by atoms with Gasteiger partial charge in [0, 0.05) is 32.6 Å². The molecule has 2 saturated heterocycles. The van der Waals surface area contributed by atoms with Gasteiger partial charge in [-0.05, 0) is 32.4 Å². The highest BCUT2D eigenvalue weighted by atomic mass is 32.2. The lowest BCUT2D eigenvalue weighted by molar-refractivity contribution is -0.132. The first-order valence-electron chi connectivity index (χ1n) is 9.68. The van der Waals surface area contributed by atoms with Crippen molar-refractivity contribution in [1.82, 2.24) is 14.5 Å². The standard InChI is InChI=1S/C19H26N4O5S/c1-14(2)29(27,28)22-12-10-21(11-13-22)17(24)9-8-16-18(25)23(19(26)20-16)15-6-4-3-5-7-15/h3-7,14,16H,8-13H2,1-2H3,(H,20,26)/t16-/m1/s1. The maximum absolute atomic E-state index is 12.6. The van der Waals surface area contributed by atoms with Gasteiger partial charge in [-0.1, -0.05) is 18.2 Å². The van der Waals surface area contributed by atoms with Gasteiger partial charge >= 0.3 is 6.03 Å². The van der Waals surface area contributed by atoms with Crippen molar-refractivity contribution in [2.75, 3.05) is 31.1 Å². The third-order valence-corrected chi connectivity index (χ3v) is 7.50.